The largest absolute Gasteiger partial charge is 0.376 e. The molecule has 0 bridgehead atoms. The number of aryl methyl sites for hydroxylation is 2. The summed E-state index contributed by atoms with van der Waals surface area (Å²) in [5.74, 6) is -0.193. The Labute approximate surface area is 127 Å². The molecule has 0 spiro atoms. The molecule has 0 fully saturated rings. The van der Waals surface area contributed by atoms with Gasteiger partial charge in [-0.15, -0.1) is 0 Å². The normalized spacial score (nSPS) is 12.2. The number of anilines is 1. The summed E-state index contributed by atoms with van der Waals surface area (Å²) < 4.78 is 13.9. The highest BCUT2D eigenvalue weighted by molar-refractivity contribution is 5.53. The number of nitrogens with one attached hydrogen (secondary N) is 1. The van der Waals surface area contributed by atoms with Crippen molar-refractivity contribution in [1.82, 2.24) is 0 Å². The summed E-state index contributed by atoms with van der Waals surface area (Å²) in [7, 11) is 0. The Kier molecular flexibility index (Phi) is 5.38. The Balaban J connectivity index is 2.08. The maximum Gasteiger partial charge on any atom is 0.146 e. The van der Waals surface area contributed by atoms with Gasteiger partial charge < -0.3 is 5.32 Å². The van der Waals surface area contributed by atoms with Gasteiger partial charge in [-0.3, -0.25) is 0 Å². The molecule has 1 atom stereocenters. The summed E-state index contributed by atoms with van der Waals surface area (Å²) in [6.07, 6.45) is 3.57. The van der Waals surface area contributed by atoms with Crippen LogP contribution < -0.4 is 5.32 Å². The van der Waals surface area contributed by atoms with Crippen LogP contribution in [0.3, 0.4) is 0 Å². The van der Waals surface area contributed by atoms with Crippen LogP contribution in [0, 0.1) is 12.7 Å². The van der Waals surface area contributed by atoms with Crippen molar-refractivity contribution in [3.8, 4) is 0 Å². The molecular formula is C19H24FN. The fourth-order valence-corrected chi connectivity index (χ4v) is 2.47. The molecule has 21 heavy (non-hydrogen) atoms. The maximum atomic E-state index is 13.9. The highest BCUT2D eigenvalue weighted by atomic mass is 19.1. The molecule has 0 saturated carbocycles. The average molecular weight is 285 g/mol. The van der Waals surface area contributed by atoms with Crippen LogP contribution in [0.4, 0.5) is 10.1 Å². The summed E-state index contributed by atoms with van der Waals surface area (Å²) in [6.45, 7) is 6.19. The van der Waals surface area contributed by atoms with Crippen LogP contribution >= 0.6 is 0 Å². The van der Waals surface area contributed by atoms with E-state index in [2.05, 4.69) is 43.4 Å². The van der Waals surface area contributed by atoms with E-state index < -0.39 is 0 Å². The first-order chi connectivity index (χ1) is 10.1. The van der Waals surface area contributed by atoms with Gasteiger partial charge in [0.1, 0.15) is 5.82 Å². The molecular weight excluding hydrogens is 261 g/mol. The van der Waals surface area contributed by atoms with E-state index in [1.54, 1.807) is 6.07 Å². The monoisotopic (exact) mass is 285 g/mol. The van der Waals surface area contributed by atoms with Crippen LogP contribution in [0.15, 0.2) is 42.5 Å². The van der Waals surface area contributed by atoms with E-state index in [0.717, 1.165) is 12.0 Å². The highest BCUT2D eigenvalue weighted by Crippen LogP contribution is 2.25. The second kappa shape index (κ2) is 7.26. The first-order valence-electron chi connectivity index (χ1n) is 7.72. The molecule has 0 aliphatic carbocycles. The van der Waals surface area contributed by atoms with E-state index in [1.807, 2.05) is 13.0 Å². The number of unbranched alkanes of at least 4 members (excludes halogenated alkanes) is 1. The SMILES string of the molecule is CCCCc1ccc(C(C)Nc2c(C)cccc2F)cc1. The lowest BCUT2D eigenvalue weighted by Gasteiger charge is -2.18. The Morgan fingerprint density at radius 2 is 1.81 bits per heavy atom. The summed E-state index contributed by atoms with van der Waals surface area (Å²) in [6, 6.07) is 13.9. The summed E-state index contributed by atoms with van der Waals surface area (Å²) in [5, 5.41) is 3.28. The standard InChI is InChI=1S/C19H24FN/c1-4-5-8-16-10-12-17(13-11-16)15(3)21-19-14(2)7-6-9-18(19)20/h6-7,9-13,15,21H,4-5,8H2,1-3H3. The molecule has 1 unspecified atom stereocenters. The third kappa shape index (κ3) is 4.07. The van der Waals surface area contributed by atoms with Crippen LogP contribution in [0.5, 0.6) is 0 Å². The van der Waals surface area contributed by atoms with Gasteiger partial charge in [-0.2, -0.15) is 0 Å². The molecule has 0 saturated heterocycles. The first-order valence-corrected chi connectivity index (χ1v) is 7.72. The Hall–Kier alpha value is -1.83. The van der Waals surface area contributed by atoms with Crippen LogP contribution in [-0.2, 0) is 6.42 Å². The van der Waals surface area contributed by atoms with E-state index in [-0.39, 0.29) is 11.9 Å². The number of benzene rings is 2. The van der Waals surface area contributed by atoms with Crippen LogP contribution in [0.2, 0.25) is 0 Å². The minimum absolute atomic E-state index is 0.0841. The van der Waals surface area contributed by atoms with Gasteiger partial charge in [0.05, 0.1) is 5.69 Å². The molecule has 0 aliphatic rings. The zero-order valence-electron chi connectivity index (χ0n) is 13.1. The quantitative estimate of drug-likeness (QED) is 0.723. The van der Waals surface area contributed by atoms with Crippen molar-refractivity contribution in [3.63, 3.8) is 0 Å². The van der Waals surface area contributed by atoms with Gasteiger partial charge in [-0.1, -0.05) is 49.7 Å². The molecule has 2 aromatic rings. The molecule has 2 heteroatoms. The van der Waals surface area contributed by atoms with E-state index in [1.165, 1.54) is 30.0 Å². The van der Waals surface area contributed by atoms with Crippen molar-refractivity contribution in [1.29, 1.82) is 0 Å². The van der Waals surface area contributed by atoms with Gasteiger partial charge in [0.2, 0.25) is 0 Å². The predicted molar refractivity (Wildman–Crippen MR) is 88.2 cm³/mol. The molecule has 112 valence electrons. The minimum Gasteiger partial charge on any atom is -0.376 e. The van der Waals surface area contributed by atoms with Crippen molar-refractivity contribution in [2.24, 2.45) is 0 Å². The van der Waals surface area contributed by atoms with E-state index >= 15 is 0 Å². The minimum atomic E-state index is -0.193. The van der Waals surface area contributed by atoms with Crippen molar-refractivity contribution in [2.45, 2.75) is 46.1 Å². The van der Waals surface area contributed by atoms with E-state index in [9.17, 15) is 4.39 Å². The van der Waals surface area contributed by atoms with Crippen LogP contribution in [-0.4, -0.2) is 0 Å². The van der Waals surface area contributed by atoms with Crippen molar-refractivity contribution < 1.29 is 4.39 Å². The molecule has 0 heterocycles. The van der Waals surface area contributed by atoms with Crippen molar-refractivity contribution in [3.05, 3.63) is 65.0 Å². The molecule has 1 nitrogen and oxygen atoms in total. The molecule has 0 aromatic heterocycles. The second-order valence-electron chi connectivity index (χ2n) is 5.64. The molecule has 1 N–H and O–H groups in total. The van der Waals surface area contributed by atoms with Gasteiger partial charge in [0, 0.05) is 6.04 Å². The Bertz CT molecular complexity index is 554. The molecule has 0 radical (unpaired) electrons. The highest BCUT2D eigenvalue weighted by Gasteiger charge is 2.10. The lowest BCUT2D eigenvalue weighted by atomic mass is 10.0. The summed E-state index contributed by atoms with van der Waals surface area (Å²) >= 11 is 0. The zero-order chi connectivity index (χ0) is 15.2. The Morgan fingerprint density at radius 1 is 1.10 bits per heavy atom. The maximum absolute atomic E-state index is 13.9. The van der Waals surface area contributed by atoms with E-state index in [4.69, 9.17) is 0 Å². The van der Waals surface area contributed by atoms with Gasteiger partial charge in [0.25, 0.3) is 0 Å². The summed E-state index contributed by atoms with van der Waals surface area (Å²) in [4.78, 5) is 0. The van der Waals surface area contributed by atoms with Gasteiger partial charge >= 0.3 is 0 Å². The van der Waals surface area contributed by atoms with Crippen LogP contribution in [0.1, 0.15) is 49.4 Å². The van der Waals surface area contributed by atoms with Gasteiger partial charge in [-0.05, 0) is 49.4 Å². The lowest BCUT2D eigenvalue weighted by Crippen LogP contribution is -2.09. The molecule has 2 rings (SSSR count). The third-order valence-electron chi connectivity index (χ3n) is 3.88. The second-order valence-corrected chi connectivity index (χ2v) is 5.64. The topological polar surface area (TPSA) is 12.0 Å². The molecule has 0 aliphatic heterocycles. The fraction of sp³-hybridized carbons (Fsp3) is 0.368. The average Bonchev–Trinajstić information content (AvgIpc) is 2.49. The number of para-hydroxylation sites is 1. The number of rotatable bonds is 6. The van der Waals surface area contributed by atoms with Crippen molar-refractivity contribution in [2.75, 3.05) is 5.32 Å². The summed E-state index contributed by atoms with van der Waals surface area (Å²) in [5.41, 5.74) is 4.08. The smallest absolute Gasteiger partial charge is 0.146 e. The van der Waals surface area contributed by atoms with Gasteiger partial charge in [-0.25, -0.2) is 4.39 Å². The first kappa shape index (κ1) is 15.6. The third-order valence-corrected chi connectivity index (χ3v) is 3.88. The predicted octanol–water partition coefficient (Wildman–Crippen LogP) is 5.65. The number of hydrogen-bond donors (Lipinski definition) is 1. The molecule has 0 amide bonds. The zero-order valence-corrected chi connectivity index (χ0v) is 13.1. The number of hydrogen-bond acceptors (Lipinski definition) is 1. The van der Waals surface area contributed by atoms with Crippen LogP contribution in [0.25, 0.3) is 0 Å². The van der Waals surface area contributed by atoms with Gasteiger partial charge in [0.15, 0.2) is 0 Å². The van der Waals surface area contributed by atoms with Crippen molar-refractivity contribution >= 4 is 5.69 Å². The fourth-order valence-electron chi connectivity index (χ4n) is 2.47. The number of halogens is 1. The molecule has 2 aromatic carbocycles. The lowest BCUT2D eigenvalue weighted by molar-refractivity contribution is 0.626. The van der Waals surface area contributed by atoms with E-state index in [0.29, 0.717) is 5.69 Å². The Morgan fingerprint density at radius 3 is 2.43 bits per heavy atom.